The first-order chi connectivity index (χ1) is 9.61. The van der Waals surface area contributed by atoms with Gasteiger partial charge in [-0.2, -0.15) is 0 Å². The van der Waals surface area contributed by atoms with Gasteiger partial charge >= 0.3 is 0 Å². The molecule has 1 saturated carbocycles. The lowest BCUT2D eigenvalue weighted by Gasteiger charge is -2.26. The van der Waals surface area contributed by atoms with E-state index in [2.05, 4.69) is 10.2 Å². The van der Waals surface area contributed by atoms with Crippen molar-refractivity contribution in [1.29, 1.82) is 0 Å². The minimum Gasteiger partial charge on any atom is -0.396 e. The molecule has 3 rings (SSSR count). The summed E-state index contributed by atoms with van der Waals surface area (Å²) in [6.45, 7) is 1.95. The molecule has 2 aliphatic rings. The molecule has 4 nitrogen and oxygen atoms in total. The van der Waals surface area contributed by atoms with Crippen molar-refractivity contribution in [3.8, 4) is 0 Å². The monoisotopic (exact) mass is 277 g/mol. The maximum Gasteiger partial charge on any atom is 0.225 e. The second-order valence-electron chi connectivity index (χ2n) is 5.86. The summed E-state index contributed by atoms with van der Waals surface area (Å²) in [5, 5.41) is 2.77. The normalized spacial score (nSPS) is 25.1. The molecule has 1 amide bonds. The van der Waals surface area contributed by atoms with Crippen LogP contribution in [0.4, 0.5) is 15.8 Å². The van der Waals surface area contributed by atoms with Crippen LogP contribution in [0.2, 0.25) is 0 Å². The van der Waals surface area contributed by atoms with Crippen LogP contribution in [-0.4, -0.2) is 29.9 Å². The molecule has 0 radical (unpaired) electrons. The number of nitrogens with two attached hydrogens (primary N) is 1. The van der Waals surface area contributed by atoms with Gasteiger partial charge in [-0.25, -0.2) is 4.39 Å². The van der Waals surface area contributed by atoms with Crippen molar-refractivity contribution in [2.75, 3.05) is 24.1 Å². The number of amides is 1. The summed E-state index contributed by atoms with van der Waals surface area (Å²) in [4.78, 5) is 14.3. The van der Waals surface area contributed by atoms with Gasteiger partial charge in [-0.1, -0.05) is 0 Å². The van der Waals surface area contributed by atoms with E-state index in [0.717, 1.165) is 19.0 Å². The molecule has 1 aliphatic heterocycles. The van der Waals surface area contributed by atoms with Gasteiger partial charge in [0.05, 0.1) is 5.69 Å². The molecule has 20 heavy (non-hydrogen) atoms. The molecule has 1 aromatic rings. The number of nitrogens with one attached hydrogen (secondary N) is 1. The van der Waals surface area contributed by atoms with Gasteiger partial charge in [0, 0.05) is 31.2 Å². The van der Waals surface area contributed by atoms with E-state index in [9.17, 15) is 9.18 Å². The van der Waals surface area contributed by atoms with E-state index in [-0.39, 0.29) is 11.6 Å². The lowest BCUT2D eigenvalue weighted by molar-refractivity contribution is -0.116. The van der Waals surface area contributed by atoms with Crippen molar-refractivity contribution in [2.45, 2.75) is 31.7 Å². The molecule has 0 spiro atoms. The lowest BCUT2D eigenvalue weighted by atomic mass is 10.1. The summed E-state index contributed by atoms with van der Waals surface area (Å²) in [7, 11) is 0. The molecule has 2 atom stereocenters. The SMILES string of the molecule is Nc1cc(NC(=O)CCN2CC3CCC2C3)ccc1F. The summed E-state index contributed by atoms with van der Waals surface area (Å²) < 4.78 is 13.0. The molecular weight excluding hydrogens is 257 g/mol. The van der Waals surface area contributed by atoms with E-state index in [0.29, 0.717) is 18.2 Å². The molecule has 108 valence electrons. The second-order valence-corrected chi connectivity index (χ2v) is 5.86. The summed E-state index contributed by atoms with van der Waals surface area (Å²) in [6, 6.07) is 4.94. The van der Waals surface area contributed by atoms with Crippen LogP contribution in [0.25, 0.3) is 0 Å². The minimum atomic E-state index is -0.462. The number of piperidine rings is 1. The van der Waals surface area contributed by atoms with Gasteiger partial charge in [-0.05, 0) is 43.4 Å². The van der Waals surface area contributed by atoms with Crippen LogP contribution in [0.5, 0.6) is 0 Å². The smallest absolute Gasteiger partial charge is 0.225 e. The van der Waals surface area contributed by atoms with Crippen LogP contribution in [0.3, 0.4) is 0 Å². The van der Waals surface area contributed by atoms with E-state index >= 15 is 0 Å². The first-order valence-electron chi connectivity index (χ1n) is 7.21. The number of hydrogen-bond donors (Lipinski definition) is 2. The number of nitrogens with zero attached hydrogens (tertiary/aromatic N) is 1. The Morgan fingerprint density at radius 2 is 2.30 bits per heavy atom. The van der Waals surface area contributed by atoms with Crippen LogP contribution < -0.4 is 11.1 Å². The fraction of sp³-hybridized carbons (Fsp3) is 0.533. The van der Waals surface area contributed by atoms with Crippen LogP contribution in [0.15, 0.2) is 18.2 Å². The summed E-state index contributed by atoms with van der Waals surface area (Å²) >= 11 is 0. The molecule has 1 saturated heterocycles. The zero-order chi connectivity index (χ0) is 14.1. The van der Waals surface area contributed by atoms with Crippen molar-refractivity contribution in [1.82, 2.24) is 4.90 Å². The van der Waals surface area contributed by atoms with Crippen molar-refractivity contribution in [3.63, 3.8) is 0 Å². The highest BCUT2D eigenvalue weighted by atomic mass is 19.1. The van der Waals surface area contributed by atoms with E-state index in [1.54, 1.807) is 0 Å². The molecular formula is C15H20FN3O. The number of likely N-dealkylation sites (tertiary alicyclic amines) is 1. The van der Waals surface area contributed by atoms with Crippen molar-refractivity contribution >= 4 is 17.3 Å². The van der Waals surface area contributed by atoms with Gasteiger partial charge in [0.2, 0.25) is 5.91 Å². The highest BCUT2D eigenvalue weighted by Gasteiger charge is 2.37. The molecule has 2 bridgehead atoms. The molecule has 1 heterocycles. The topological polar surface area (TPSA) is 58.4 Å². The minimum absolute atomic E-state index is 0.0428. The Kier molecular flexibility index (Phi) is 3.61. The Balaban J connectivity index is 1.48. The largest absolute Gasteiger partial charge is 0.396 e. The highest BCUT2D eigenvalue weighted by Crippen LogP contribution is 2.37. The standard InChI is InChI=1S/C15H20FN3O/c16-13-4-2-11(8-14(13)17)18-15(20)5-6-19-9-10-1-3-12(19)7-10/h2,4,8,10,12H,1,3,5-7,9,17H2,(H,18,20). The van der Waals surface area contributed by atoms with Crippen molar-refractivity contribution < 1.29 is 9.18 Å². The number of nitrogen functional groups attached to an aromatic ring is 1. The molecule has 2 unspecified atom stereocenters. The maximum atomic E-state index is 13.0. The van der Waals surface area contributed by atoms with Gasteiger partial charge in [0.1, 0.15) is 5.82 Å². The third-order valence-electron chi connectivity index (χ3n) is 4.43. The predicted molar refractivity (Wildman–Crippen MR) is 76.8 cm³/mol. The Morgan fingerprint density at radius 1 is 1.45 bits per heavy atom. The summed E-state index contributed by atoms with van der Waals surface area (Å²) in [5.74, 6) is 0.342. The zero-order valence-electron chi connectivity index (χ0n) is 11.4. The first kappa shape index (κ1) is 13.4. The number of carbonyl (C=O) groups excluding carboxylic acids is 1. The molecule has 5 heteroatoms. The van der Waals surface area contributed by atoms with Crippen molar-refractivity contribution in [2.24, 2.45) is 5.92 Å². The fourth-order valence-corrected chi connectivity index (χ4v) is 3.39. The van der Waals surface area contributed by atoms with Gasteiger partial charge in [0.15, 0.2) is 0 Å². The Labute approximate surface area is 118 Å². The predicted octanol–water partition coefficient (Wildman–Crippen LogP) is 2.22. The Morgan fingerprint density at radius 3 is 2.95 bits per heavy atom. The average Bonchev–Trinajstić information content (AvgIpc) is 3.03. The molecule has 1 aliphatic carbocycles. The average molecular weight is 277 g/mol. The first-order valence-corrected chi connectivity index (χ1v) is 7.21. The molecule has 2 fully saturated rings. The maximum absolute atomic E-state index is 13.0. The highest BCUT2D eigenvalue weighted by molar-refractivity contribution is 5.91. The second kappa shape index (κ2) is 5.40. The van der Waals surface area contributed by atoms with Crippen molar-refractivity contribution in [3.05, 3.63) is 24.0 Å². The number of fused-ring (bicyclic) bond motifs is 2. The third-order valence-corrected chi connectivity index (χ3v) is 4.43. The number of rotatable bonds is 4. The van der Waals surface area contributed by atoms with Gasteiger partial charge < -0.3 is 11.1 Å². The summed E-state index contributed by atoms with van der Waals surface area (Å²) in [5.41, 5.74) is 6.08. The zero-order valence-corrected chi connectivity index (χ0v) is 11.4. The lowest BCUT2D eigenvalue weighted by Crippen LogP contribution is -2.34. The van der Waals surface area contributed by atoms with E-state index in [1.807, 2.05) is 0 Å². The van der Waals surface area contributed by atoms with Gasteiger partial charge in [-0.15, -0.1) is 0 Å². The summed E-state index contributed by atoms with van der Waals surface area (Å²) in [6.07, 6.45) is 4.40. The number of anilines is 2. The third kappa shape index (κ3) is 2.77. The number of halogens is 1. The van der Waals surface area contributed by atoms with Crippen LogP contribution in [0.1, 0.15) is 25.7 Å². The Hall–Kier alpha value is -1.62. The Bertz CT molecular complexity index is 520. The number of benzene rings is 1. The number of hydrogen-bond acceptors (Lipinski definition) is 3. The molecule has 1 aromatic carbocycles. The van der Waals surface area contributed by atoms with E-state index in [4.69, 9.17) is 5.73 Å². The fourth-order valence-electron chi connectivity index (χ4n) is 3.39. The van der Waals surface area contributed by atoms with Crippen LogP contribution >= 0.6 is 0 Å². The van der Waals surface area contributed by atoms with Crippen LogP contribution in [0, 0.1) is 11.7 Å². The number of carbonyl (C=O) groups is 1. The quantitative estimate of drug-likeness (QED) is 0.830. The van der Waals surface area contributed by atoms with Gasteiger partial charge in [0.25, 0.3) is 0 Å². The van der Waals surface area contributed by atoms with E-state index < -0.39 is 5.82 Å². The molecule has 0 aromatic heterocycles. The van der Waals surface area contributed by atoms with E-state index in [1.165, 1.54) is 37.5 Å². The van der Waals surface area contributed by atoms with Gasteiger partial charge in [-0.3, -0.25) is 9.69 Å². The molecule has 3 N–H and O–H groups in total. The van der Waals surface area contributed by atoms with Crippen LogP contribution in [-0.2, 0) is 4.79 Å².